The van der Waals surface area contributed by atoms with Crippen molar-refractivity contribution in [3.05, 3.63) is 16.7 Å². The fraction of sp³-hybridized carbons (Fsp3) is 0.455. The van der Waals surface area contributed by atoms with Crippen LogP contribution < -0.4 is 9.47 Å². The second-order valence-electron chi connectivity index (χ2n) is 3.25. The highest BCUT2D eigenvalue weighted by Gasteiger charge is 2.17. The maximum absolute atomic E-state index is 9.60. The summed E-state index contributed by atoms with van der Waals surface area (Å²) in [5, 5.41) is 18.6. The van der Waals surface area contributed by atoms with Crippen molar-refractivity contribution >= 4 is 11.6 Å². The number of phenols is 1. The highest BCUT2D eigenvalue weighted by atomic mass is 35.5. The van der Waals surface area contributed by atoms with Gasteiger partial charge in [-0.1, -0.05) is 11.6 Å². The third-order valence-electron chi connectivity index (χ3n) is 2.26. The van der Waals surface area contributed by atoms with E-state index in [4.69, 9.17) is 26.2 Å². The first-order chi connectivity index (χ1) is 7.65. The van der Waals surface area contributed by atoms with Crippen LogP contribution in [-0.4, -0.2) is 31.0 Å². The normalized spacial score (nSPS) is 10.2. The van der Waals surface area contributed by atoms with Crippen LogP contribution in [0.3, 0.4) is 0 Å². The molecule has 4 nitrogen and oxygen atoms in total. The summed E-state index contributed by atoms with van der Waals surface area (Å²) < 4.78 is 10.3. The van der Waals surface area contributed by atoms with E-state index in [1.54, 1.807) is 0 Å². The molecule has 0 fully saturated rings. The van der Waals surface area contributed by atoms with Crippen molar-refractivity contribution in [3.63, 3.8) is 0 Å². The minimum atomic E-state index is -0.0488. The molecule has 0 radical (unpaired) electrons. The molecular formula is C11H15ClO4. The van der Waals surface area contributed by atoms with Gasteiger partial charge in [0.15, 0.2) is 11.5 Å². The second-order valence-corrected chi connectivity index (χ2v) is 3.63. The number of aliphatic hydroxyl groups excluding tert-OH is 1. The Morgan fingerprint density at radius 1 is 1.31 bits per heavy atom. The van der Waals surface area contributed by atoms with E-state index < -0.39 is 0 Å². The van der Waals surface area contributed by atoms with Gasteiger partial charge < -0.3 is 19.7 Å². The van der Waals surface area contributed by atoms with Crippen molar-refractivity contribution in [2.75, 3.05) is 20.8 Å². The average molecular weight is 247 g/mol. The lowest BCUT2D eigenvalue weighted by Gasteiger charge is -2.15. The Labute approximate surface area is 99.4 Å². The van der Waals surface area contributed by atoms with E-state index in [9.17, 15) is 5.11 Å². The first kappa shape index (κ1) is 12.9. The number of aromatic hydroxyl groups is 1. The minimum Gasteiger partial charge on any atom is -0.506 e. The molecule has 0 saturated heterocycles. The number of hydrogen-bond acceptors (Lipinski definition) is 4. The molecule has 0 bridgehead atoms. The zero-order valence-electron chi connectivity index (χ0n) is 9.29. The van der Waals surface area contributed by atoms with Gasteiger partial charge in [0.25, 0.3) is 0 Å². The van der Waals surface area contributed by atoms with Crippen LogP contribution in [0.15, 0.2) is 6.07 Å². The van der Waals surface area contributed by atoms with E-state index >= 15 is 0 Å². The molecule has 16 heavy (non-hydrogen) atoms. The third-order valence-corrected chi connectivity index (χ3v) is 2.69. The zero-order chi connectivity index (χ0) is 12.1. The van der Waals surface area contributed by atoms with Crippen LogP contribution >= 0.6 is 11.6 Å². The molecule has 1 aromatic rings. The van der Waals surface area contributed by atoms with Crippen LogP contribution in [0.25, 0.3) is 0 Å². The molecule has 1 rings (SSSR count). The van der Waals surface area contributed by atoms with Gasteiger partial charge >= 0.3 is 0 Å². The number of methoxy groups -OCH3 is 2. The summed E-state index contributed by atoms with van der Waals surface area (Å²) in [6.45, 7) is 0.0530. The van der Waals surface area contributed by atoms with Gasteiger partial charge in [0.2, 0.25) is 0 Å². The van der Waals surface area contributed by atoms with Crippen LogP contribution in [0.4, 0.5) is 0 Å². The van der Waals surface area contributed by atoms with Gasteiger partial charge in [0, 0.05) is 18.2 Å². The Balaban J connectivity index is 3.23. The first-order valence-electron chi connectivity index (χ1n) is 4.88. The van der Waals surface area contributed by atoms with Crippen molar-refractivity contribution in [1.29, 1.82) is 0 Å². The average Bonchev–Trinajstić information content (AvgIpc) is 2.30. The van der Waals surface area contributed by atoms with Gasteiger partial charge in [0.1, 0.15) is 5.75 Å². The number of benzene rings is 1. The monoisotopic (exact) mass is 246 g/mol. The van der Waals surface area contributed by atoms with E-state index in [1.807, 2.05) is 0 Å². The molecule has 0 spiro atoms. The van der Waals surface area contributed by atoms with Crippen molar-refractivity contribution in [2.45, 2.75) is 12.8 Å². The summed E-state index contributed by atoms with van der Waals surface area (Å²) in [5.74, 6) is 0.878. The van der Waals surface area contributed by atoms with Crippen LogP contribution in [0.2, 0.25) is 5.02 Å². The maximum atomic E-state index is 9.60. The van der Waals surface area contributed by atoms with Gasteiger partial charge in [-0.05, 0) is 12.8 Å². The summed E-state index contributed by atoms with van der Waals surface area (Å²) in [5.41, 5.74) is 0.648. The zero-order valence-corrected chi connectivity index (χ0v) is 10.0. The number of rotatable bonds is 5. The number of hydrogen-bond donors (Lipinski definition) is 2. The Bertz CT molecular complexity index is 365. The first-order valence-corrected chi connectivity index (χ1v) is 5.26. The lowest BCUT2D eigenvalue weighted by atomic mass is 10.1. The molecule has 0 atom stereocenters. The molecule has 0 aliphatic rings. The van der Waals surface area contributed by atoms with Gasteiger partial charge in [-0.2, -0.15) is 0 Å². The van der Waals surface area contributed by atoms with Crippen LogP contribution in [0, 0.1) is 0 Å². The van der Waals surface area contributed by atoms with Gasteiger partial charge in [0.05, 0.1) is 19.2 Å². The Hall–Kier alpha value is -1.13. The highest BCUT2D eigenvalue weighted by Crippen LogP contribution is 2.42. The number of halogens is 1. The molecule has 0 amide bonds. The smallest absolute Gasteiger partial charge is 0.165 e. The lowest BCUT2D eigenvalue weighted by Crippen LogP contribution is -1.99. The lowest BCUT2D eigenvalue weighted by molar-refractivity contribution is 0.287. The van der Waals surface area contributed by atoms with Crippen LogP contribution in [0.1, 0.15) is 12.0 Å². The van der Waals surface area contributed by atoms with Crippen molar-refractivity contribution in [2.24, 2.45) is 0 Å². The topological polar surface area (TPSA) is 58.9 Å². The summed E-state index contributed by atoms with van der Waals surface area (Å²) >= 11 is 5.97. The van der Waals surface area contributed by atoms with Crippen LogP contribution in [0.5, 0.6) is 17.2 Å². The predicted molar refractivity (Wildman–Crippen MR) is 61.6 cm³/mol. The number of phenolic OH excluding ortho intramolecular Hbond substituents is 1. The van der Waals surface area contributed by atoms with E-state index in [1.165, 1.54) is 20.3 Å². The predicted octanol–water partition coefficient (Wildman–Crippen LogP) is 1.99. The molecule has 5 heteroatoms. The van der Waals surface area contributed by atoms with E-state index in [0.29, 0.717) is 29.9 Å². The summed E-state index contributed by atoms with van der Waals surface area (Å²) in [6.07, 6.45) is 1.06. The van der Waals surface area contributed by atoms with Gasteiger partial charge in [-0.15, -0.1) is 0 Å². The molecule has 0 unspecified atom stereocenters. The van der Waals surface area contributed by atoms with E-state index in [2.05, 4.69) is 0 Å². The maximum Gasteiger partial charge on any atom is 0.165 e. The largest absolute Gasteiger partial charge is 0.506 e. The summed E-state index contributed by atoms with van der Waals surface area (Å²) in [7, 11) is 2.99. The van der Waals surface area contributed by atoms with Gasteiger partial charge in [-0.3, -0.25) is 0 Å². The molecule has 0 saturated carbocycles. The fourth-order valence-electron chi connectivity index (χ4n) is 1.51. The molecule has 90 valence electrons. The van der Waals surface area contributed by atoms with Crippen molar-refractivity contribution in [1.82, 2.24) is 0 Å². The Kier molecular flexibility index (Phi) is 4.71. The number of aliphatic hydroxyl groups is 1. The molecule has 0 aliphatic heterocycles. The van der Waals surface area contributed by atoms with E-state index in [0.717, 1.165) is 0 Å². The third kappa shape index (κ3) is 2.51. The van der Waals surface area contributed by atoms with Gasteiger partial charge in [-0.25, -0.2) is 0 Å². The standard InChI is InChI=1S/C11H15ClO4/c1-15-9-6-8(14)10(12)7(4-3-5-13)11(9)16-2/h6,13-14H,3-5H2,1-2H3. The molecule has 2 N–H and O–H groups in total. The second kappa shape index (κ2) is 5.82. The highest BCUT2D eigenvalue weighted by molar-refractivity contribution is 6.33. The summed E-state index contributed by atoms with van der Waals surface area (Å²) in [4.78, 5) is 0. The SMILES string of the molecule is COc1cc(O)c(Cl)c(CCCO)c1OC. The molecule has 1 aromatic carbocycles. The Morgan fingerprint density at radius 3 is 2.50 bits per heavy atom. The van der Waals surface area contributed by atoms with Crippen LogP contribution in [-0.2, 0) is 6.42 Å². The van der Waals surface area contributed by atoms with E-state index in [-0.39, 0.29) is 17.4 Å². The number of ether oxygens (including phenoxy) is 2. The Morgan fingerprint density at radius 2 is 2.00 bits per heavy atom. The van der Waals surface area contributed by atoms with Crippen molar-refractivity contribution < 1.29 is 19.7 Å². The molecule has 0 aliphatic carbocycles. The fourth-order valence-corrected chi connectivity index (χ4v) is 1.75. The van der Waals surface area contributed by atoms with Crippen molar-refractivity contribution in [3.8, 4) is 17.2 Å². The quantitative estimate of drug-likeness (QED) is 0.834. The molecular weight excluding hydrogens is 232 g/mol. The molecule has 0 heterocycles. The molecule has 0 aromatic heterocycles. The summed E-state index contributed by atoms with van der Waals surface area (Å²) in [6, 6.07) is 1.41. The minimum absolute atomic E-state index is 0.0488.